The van der Waals surface area contributed by atoms with Crippen LogP contribution in [0.4, 0.5) is 0 Å². The molecule has 1 aliphatic rings. The fraction of sp³-hybridized carbons (Fsp3) is 0.571. The van der Waals surface area contributed by atoms with Gasteiger partial charge in [0.05, 0.1) is 11.5 Å². The molecular formula is C14H22N2O3S. The van der Waals surface area contributed by atoms with Crippen molar-refractivity contribution in [2.24, 2.45) is 0 Å². The lowest BCUT2D eigenvalue weighted by Gasteiger charge is -2.22. The highest BCUT2D eigenvalue weighted by atomic mass is 32.2. The van der Waals surface area contributed by atoms with E-state index < -0.39 is 10.0 Å². The third-order valence-electron chi connectivity index (χ3n) is 3.76. The number of likely N-dealkylation sites (tertiary alicyclic amines) is 1. The number of nitrogens with zero attached hydrogens (tertiary/aromatic N) is 2. The number of aliphatic hydroxyl groups excluding tert-OH is 1. The van der Waals surface area contributed by atoms with Crippen LogP contribution in [-0.4, -0.2) is 56.0 Å². The van der Waals surface area contributed by atoms with Crippen LogP contribution in [0, 0.1) is 0 Å². The molecule has 1 aliphatic heterocycles. The molecule has 0 saturated carbocycles. The minimum Gasteiger partial charge on any atom is -0.392 e. The largest absolute Gasteiger partial charge is 0.392 e. The molecule has 0 aliphatic carbocycles. The average molecular weight is 298 g/mol. The Morgan fingerprint density at radius 2 is 1.90 bits per heavy atom. The summed E-state index contributed by atoms with van der Waals surface area (Å²) in [7, 11) is -1.93. The van der Waals surface area contributed by atoms with E-state index in [0.717, 1.165) is 19.6 Å². The van der Waals surface area contributed by atoms with E-state index in [9.17, 15) is 13.5 Å². The number of aliphatic hydroxyl groups is 1. The van der Waals surface area contributed by atoms with Crippen molar-refractivity contribution in [1.29, 1.82) is 0 Å². The molecule has 0 amide bonds. The van der Waals surface area contributed by atoms with E-state index in [0.29, 0.717) is 12.1 Å². The van der Waals surface area contributed by atoms with Crippen molar-refractivity contribution >= 4 is 10.0 Å². The van der Waals surface area contributed by atoms with Crippen molar-refractivity contribution in [3.05, 3.63) is 29.8 Å². The Labute approximate surface area is 120 Å². The number of sulfonamides is 1. The molecule has 1 aromatic rings. The molecule has 1 fully saturated rings. The molecule has 6 heteroatoms. The smallest absolute Gasteiger partial charge is 0.243 e. The van der Waals surface area contributed by atoms with Gasteiger partial charge in [0.15, 0.2) is 0 Å². The van der Waals surface area contributed by atoms with Crippen molar-refractivity contribution in [2.45, 2.75) is 24.3 Å². The molecule has 1 aromatic carbocycles. The lowest BCUT2D eigenvalue weighted by Crippen LogP contribution is -2.35. The van der Waals surface area contributed by atoms with Gasteiger partial charge in [0, 0.05) is 20.1 Å². The standard InChI is InChI=1S/C14H22N2O3S/c1-15(10-11-16-8-4-5-9-16)20(18,19)14-7-3-2-6-13(14)12-17/h2-3,6-7,17H,4-5,8-12H2,1H3. The summed E-state index contributed by atoms with van der Waals surface area (Å²) in [6.07, 6.45) is 2.40. The number of rotatable bonds is 6. The minimum atomic E-state index is -3.53. The molecule has 0 radical (unpaired) electrons. The van der Waals surface area contributed by atoms with Crippen molar-refractivity contribution in [3.8, 4) is 0 Å². The van der Waals surface area contributed by atoms with E-state index in [1.165, 1.54) is 17.1 Å². The quantitative estimate of drug-likeness (QED) is 0.847. The van der Waals surface area contributed by atoms with Gasteiger partial charge in [0.25, 0.3) is 0 Å². The van der Waals surface area contributed by atoms with Crippen LogP contribution in [0.25, 0.3) is 0 Å². The normalized spacial score (nSPS) is 16.9. The molecule has 0 atom stereocenters. The maximum absolute atomic E-state index is 12.5. The first-order valence-electron chi connectivity index (χ1n) is 6.93. The highest BCUT2D eigenvalue weighted by molar-refractivity contribution is 7.89. The van der Waals surface area contributed by atoms with Crippen molar-refractivity contribution in [2.75, 3.05) is 33.2 Å². The summed E-state index contributed by atoms with van der Waals surface area (Å²) in [6, 6.07) is 6.60. The first kappa shape index (κ1) is 15.4. The molecule has 5 nitrogen and oxygen atoms in total. The zero-order chi connectivity index (χ0) is 14.6. The number of likely N-dealkylation sites (N-methyl/N-ethyl adjacent to an activating group) is 1. The Morgan fingerprint density at radius 1 is 1.25 bits per heavy atom. The van der Waals surface area contributed by atoms with Crippen LogP contribution in [0.1, 0.15) is 18.4 Å². The molecule has 2 rings (SSSR count). The Kier molecular flexibility index (Phi) is 5.15. The van der Waals surface area contributed by atoms with Gasteiger partial charge in [-0.1, -0.05) is 18.2 Å². The molecular weight excluding hydrogens is 276 g/mol. The van der Waals surface area contributed by atoms with Crippen LogP contribution in [0.15, 0.2) is 29.2 Å². The number of benzene rings is 1. The number of hydrogen-bond acceptors (Lipinski definition) is 4. The second-order valence-corrected chi connectivity index (χ2v) is 7.15. The van der Waals surface area contributed by atoms with Crippen LogP contribution in [0.5, 0.6) is 0 Å². The SMILES string of the molecule is CN(CCN1CCCC1)S(=O)(=O)c1ccccc1CO. The van der Waals surface area contributed by atoms with Gasteiger partial charge in [-0.15, -0.1) is 0 Å². The minimum absolute atomic E-state index is 0.200. The van der Waals surface area contributed by atoms with Gasteiger partial charge in [-0.05, 0) is 37.6 Å². The zero-order valence-corrected chi connectivity index (χ0v) is 12.6. The van der Waals surface area contributed by atoms with Gasteiger partial charge in [-0.25, -0.2) is 8.42 Å². The summed E-state index contributed by atoms with van der Waals surface area (Å²) < 4.78 is 26.4. The molecule has 112 valence electrons. The summed E-state index contributed by atoms with van der Waals surface area (Å²) in [6.45, 7) is 3.08. The molecule has 0 unspecified atom stereocenters. The van der Waals surface area contributed by atoms with E-state index in [1.54, 1.807) is 31.3 Å². The van der Waals surface area contributed by atoms with Crippen molar-refractivity contribution < 1.29 is 13.5 Å². The Morgan fingerprint density at radius 3 is 2.55 bits per heavy atom. The summed E-state index contributed by atoms with van der Waals surface area (Å²) in [5.41, 5.74) is 0.445. The highest BCUT2D eigenvalue weighted by Crippen LogP contribution is 2.19. The van der Waals surface area contributed by atoms with E-state index in [4.69, 9.17) is 0 Å². The van der Waals surface area contributed by atoms with Gasteiger partial charge in [0.2, 0.25) is 10.0 Å². The molecule has 1 N–H and O–H groups in total. The van der Waals surface area contributed by atoms with E-state index in [2.05, 4.69) is 4.90 Å². The Hall–Kier alpha value is -0.950. The predicted octanol–water partition coefficient (Wildman–Crippen LogP) is 0.895. The molecule has 0 bridgehead atoms. The van der Waals surface area contributed by atoms with Gasteiger partial charge in [-0.3, -0.25) is 0 Å². The van der Waals surface area contributed by atoms with E-state index in [1.807, 2.05) is 0 Å². The van der Waals surface area contributed by atoms with E-state index >= 15 is 0 Å². The van der Waals surface area contributed by atoms with Crippen LogP contribution >= 0.6 is 0 Å². The molecule has 1 heterocycles. The van der Waals surface area contributed by atoms with Crippen molar-refractivity contribution in [1.82, 2.24) is 9.21 Å². The maximum Gasteiger partial charge on any atom is 0.243 e. The number of hydrogen-bond donors (Lipinski definition) is 1. The van der Waals surface area contributed by atoms with Crippen molar-refractivity contribution in [3.63, 3.8) is 0 Å². The first-order valence-corrected chi connectivity index (χ1v) is 8.37. The molecule has 20 heavy (non-hydrogen) atoms. The monoisotopic (exact) mass is 298 g/mol. The van der Waals surface area contributed by atoms with Crippen LogP contribution < -0.4 is 0 Å². The summed E-state index contributed by atoms with van der Waals surface area (Å²) in [4.78, 5) is 2.48. The predicted molar refractivity (Wildman–Crippen MR) is 77.9 cm³/mol. The summed E-state index contributed by atoms with van der Waals surface area (Å²) in [5, 5.41) is 9.27. The van der Waals surface area contributed by atoms with Gasteiger partial charge < -0.3 is 10.0 Å². The van der Waals surface area contributed by atoms with Gasteiger partial charge in [0.1, 0.15) is 0 Å². The first-order chi connectivity index (χ1) is 9.55. The molecule has 0 spiro atoms. The van der Waals surface area contributed by atoms with Crippen LogP contribution in [-0.2, 0) is 16.6 Å². The Balaban J connectivity index is 2.08. The molecule has 0 aromatic heterocycles. The fourth-order valence-corrected chi connectivity index (χ4v) is 3.83. The lowest BCUT2D eigenvalue weighted by atomic mass is 10.2. The van der Waals surface area contributed by atoms with Crippen LogP contribution in [0.2, 0.25) is 0 Å². The highest BCUT2D eigenvalue weighted by Gasteiger charge is 2.24. The third kappa shape index (κ3) is 3.38. The third-order valence-corrected chi connectivity index (χ3v) is 5.72. The topological polar surface area (TPSA) is 60.9 Å². The zero-order valence-electron chi connectivity index (χ0n) is 11.8. The second-order valence-electron chi connectivity index (χ2n) is 5.14. The Bertz CT molecular complexity index is 539. The van der Waals surface area contributed by atoms with Crippen LogP contribution in [0.3, 0.4) is 0 Å². The average Bonchev–Trinajstić information content (AvgIpc) is 2.97. The maximum atomic E-state index is 12.5. The fourth-order valence-electron chi connectivity index (χ4n) is 2.46. The summed E-state index contributed by atoms with van der Waals surface area (Å²) in [5.74, 6) is 0. The second kappa shape index (κ2) is 6.67. The molecule has 1 saturated heterocycles. The van der Waals surface area contributed by atoms with Gasteiger partial charge >= 0.3 is 0 Å². The summed E-state index contributed by atoms with van der Waals surface area (Å²) >= 11 is 0. The van der Waals surface area contributed by atoms with Gasteiger partial charge in [-0.2, -0.15) is 4.31 Å². The lowest BCUT2D eigenvalue weighted by molar-refractivity contribution is 0.277. The van der Waals surface area contributed by atoms with E-state index in [-0.39, 0.29) is 11.5 Å².